The van der Waals surface area contributed by atoms with Crippen molar-refractivity contribution < 1.29 is 55.9 Å². The van der Waals surface area contributed by atoms with Crippen LogP contribution in [-0.4, -0.2) is 5.60 Å². The molecule has 0 N–H and O–H groups in total. The molecule has 0 aromatic rings. The van der Waals surface area contributed by atoms with Gasteiger partial charge in [0.15, 0.2) is 0 Å². The molecule has 0 aliphatic carbocycles. The van der Waals surface area contributed by atoms with Crippen molar-refractivity contribution in [3.8, 4) is 0 Å². The van der Waals surface area contributed by atoms with E-state index in [1.807, 2.05) is 20.8 Å². The average Bonchev–Trinajstić information content (AvgIpc) is 1.35. The fraction of sp³-hybridized carbons (Fsp3) is 1.00. The second-order valence-corrected chi connectivity index (χ2v) is 2.47. The van der Waals surface area contributed by atoms with Crippen LogP contribution < -0.4 is 51.4 Å². The second kappa shape index (κ2) is 7.56. The molecule has 0 radical (unpaired) electrons. The summed E-state index contributed by atoms with van der Waals surface area (Å²) in [5.41, 5.74) is 0.00463. The quantitative estimate of drug-likeness (QED) is 0.330. The second-order valence-electron chi connectivity index (χ2n) is 2.23. The number of hydrogen-bond acceptors (Lipinski definition) is 1. The molecule has 0 bridgehead atoms. The average molecular weight is 179 g/mol. The van der Waals surface area contributed by atoms with Crippen molar-refractivity contribution in [1.29, 1.82) is 0 Å². The fourth-order valence-corrected chi connectivity index (χ4v) is 0. The molecule has 0 aromatic carbocycles. The minimum absolute atomic E-state index is 0. The van der Waals surface area contributed by atoms with Crippen molar-refractivity contribution in [1.82, 2.24) is 0 Å². The van der Waals surface area contributed by atoms with Gasteiger partial charge in [-0.05, 0) is 20.8 Å². The summed E-state index contributed by atoms with van der Waals surface area (Å²) in [6.45, 7) is 6.00. The Morgan fingerprint density at radius 3 is 1.38 bits per heavy atom. The molecule has 4 heteroatoms. The Morgan fingerprint density at radius 2 is 1.38 bits per heavy atom. The van der Waals surface area contributed by atoms with Crippen LogP contribution >= 0.6 is 19.4 Å². The third kappa shape index (κ3) is 15.8. The first kappa shape index (κ1) is 16.8. The maximum absolute atomic E-state index is 4.85. The van der Waals surface area contributed by atoms with Crippen LogP contribution in [-0.2, 0) is 4.52 Å². The summed E-state index contributed by atoms with van der Waals surface area (Å²) in [5, 5.41) is 0. The van der Waals surface area contributed by atoms with Crippen LogP contribution in [0.3, 0.4) is 0 Å². The van der Waals surface area contributed by atoms with Gasteiger partial charge in [0.2, 0.25) is 0 Å². The molecule has 0 rings (SSSR count). The molecule has 0 aromatic heterocycles. The van der Waals surface area contributed by atoms with E-state index in [-0.39, 0.29) is 66.9 Å². The minimum atomic E-state index is 0. The van der Waals surface area contributed by atoms with E-state index in [2.05, 4.69) is 9.47 Å². The van der Waals surface area contributed by atoms with Gasteiger partial charge in [0, 0.05) is 9.47 Å². The predicted molar refractivity (Wildman–Crippen MR) is 41.7 cm³/mol. The Bertz CT molecular complexity index is 43.8. The van der Waals surface area contributed by atoms with Gasteiger partial charge in [-0.15, -0.1) is 0 Å². The molecular weight excluding hydrogens is 165 g/mol. The number of hydrogen-bond donors (Lipinski definition) is 0. The molecule has 8 heavy (non-hydrogen) atoms. The smallest absolute Gasteiger partial charge is 0.360 e. The SMILES string of the molecule is CC(C)(C)OP.P.[K+]. The largest absolute Gasteiger partial charge is 1.00 e. The summed E-state index contributed by atoms with van der Waals surface area (Å²) in [6.07, 6.45) is 0. The van der Waals surface area contributed by atoms with Crippen molar-refractivity contribution in [2.24, 2.45) is 0 Å². The van der Waals surface area contributed by atoms with Gasteiger partial charge >= 0.3 is 51.4 Å². The van der Waals surface area contributed by atoms with E-state index in [0.29, 0.717) is 0 Å². The zero-order valence-corrected chi connectivity index (χ0v) is 11.9. The molecule has 0 aliphatic rings. The maximum atomic E-state index is 4.85. The summed E-state index contributed by atoms with van der Waals surface area (Å²) < 4.78 is 4.85. The Hall–Kier alpha value is 2.46. The summed E-state index contributed by atoms with van der Waals surface area (Å²) in [6, 6.07) is 0. The maximum Gasteiger partial charge on any atom is 1.00 e. The first-order chi connectivity index (χ1) is 2.56. The molecule has 0 aliphatic heterocycles. The molecule has 2 unspecified atom stereocenters. The zero-order valence-electron chi connectivity index (χ0n) is 6.19. The van der Waals surface area contributed by atoms with E-state index in [1.165, 1.54) is 0 Å². The van der Waals surface area contributed by atoms with Crippen LogP contribution in [0.15, 0.2) is 0 Å². The molecule has 46 valence electrons. The van der Waals surface area contributed by atoms with Crippen LogP contribution in [0.4, 0.5) is 0 Å². The molecule has 0 fully saturated rings. The molecule has 2 atom stereocenters. The van der Waals surface area contributed by atoms with Gasteiger partial charge in [0.1, 0.15) is 0 Å². The van der Waals surface area contributed by atoms with Crippen molar-refractivity contribution in [2.45, 2.75) is 26.4 Å². The van der Waals surface area contributed by atoms with Crippen LogP contribution in [0.5, 0.6) is 0 Å². The molecule has 0 spiro atoms. The first-order valence-corrected chi connectivity index (χ1v) is 2.41. The van der Waals surface area contributed by atoms with Gasteiger partial charge in [-0.2, -0.15) is 9.90 Å². The van der Waals surface area contributed by atoms with Crippen LogP contribution in [0, 0.1) is 0 Å². The Kier molecular flexibility index (Phi) is 15.9. The third-order valence-electron chi connectivity index (χ3n) is 0.354. The summed E-state index contributed by atoms with van der Waals surface area (Å²) in [4.78, 5) is 0. The summed E-state index contributed by atoms with van der Waals surface area (Å²) in [5.74, 6) is 0. The Labute approximate surface area is 100 Å². The van der Waals surface area contributed by atoms with Crippen LogP contribution in [0.2, 0.25) is 0 Å². The van der Waals surface area contributed by atoms with Gasteiger partial charge < -0.3 is 4.52 Å². The molecule has 1 nitrogen and oxygen atoms in total. The van der Waals surface area contributed by atoms with Gasteiger partial charge in [0.25, 0.3) is 0 Å². The molecular formula is C4H14KOP2+. The third-order valence-corrected chi connectivity index (χ3v) is 1.06. The molecule has 0 heterocycles. The van der Waals surface area contributed by atoms with E-state index in [1.54, 1.807) is 0 Å². The number of rotatable bonds is 0. The minimum Gasteiger partial charge on any atom is -0.360 e. The monoisotopic (exact) mass is 179 g/mol. The van der Waals surface area contributed by atoms with Crippen molar-refractivity contribution in [3.63, 3.8) is 0 Å². The van der Waals surface area contributed by atoms with Crippen LogP contribution in [0.1, 0.15) is 20.8 Å². The van der Waals surface area contributed by atoms with E-state index >= 15 is 0 Å². The van der Waals surface area contributed by atoms with Gasteiger partial charge in [-0.3, -0.25) is 0 Å². The normalized spacial score (nSPS) is 9.00. The van der Waals surface area contributed by atoms with E-state index < -0.39 is 0 Å². The standard InChI is InChI=1S/C4H11OP.K.H3P/c1-4(2,3)5-6;;/h6H2,1-3H3;;1H3/q;+1;. The summed E-state index contributed by atoms with van der Waals surface area (Å²) in [7, 11) is 2.22. The molecule has 0 saturated heterocycles. The first-order valence-electron chi connectivity index (χ1n) is 1.94. The van der Waals surface area contributed by atoms with Gasteiger partial charge in [-0.1, -0.05) is 0 Å². The van der Waals surface area contributed by atoms with Gasteiger partial charge in [0.05, 0.1) is 5.60 Å². The van der Waals surface area contributed by atoms with Crippen molar-refractivity contribution >= 4 is 19.4 Å². The van der Waals surface area contributed by atoms with E-state index in [9.17, 15) is 0 Å². The van der Waals surface area contributed by atoms with Gasteiger partial charge in [-0.25, -0.2) is 0 Å². The topological polar surface area (TPSA) is 9.23 Å². The predicted octanol–water partition coefficient (Wildman–Crippen LogP) is -1.35. The van der Waals surface area contributed by atoms with Crippen molar-refractivity contribution in [2.75, 3.05) is 0 Å². The molecule has 0 amide bonds. The van der Waals surface area contributed by atoms with Crippen LogP contribution in [0.25, 0.3) is 0 Å². The fourth-order valence-electron chi connectivity index (χ4n) is 0. The zero-order chi connectivity index (χ0) is 5.21. The Morgan fingerprint density at radius 1 is 1.25 bits per heavy atom. The summed E-state index contributed by atoms with van der Waals surface area (Å²) >= 11 is 0. The van der Waals surface area contributed by atoms with E-state index in [0.717, 1.165) is 0 Å². The van der Waals surface area contributed by atoms with Crippen molar-refractivity contribution in [3.05, 3.63) is 0 Å². The Balaban J connectivity index is -0.000000125. The molecule has 0 saturated carbocycles. The van der Waals surface area contributed by atoms with E-state index in [4.69, 9.17) is 4.52 Å².